The highest BCUT2D eigenvalue weighted by Crippen LogP contribution is 1.86. The first-order valence-electron chi connectivity index (χ1n) is 3.29. The van der Waals surface area contributed by atoms with Crippen molar-refractivity contribution in [2.45, 2.75) is 6.92 Å². The Balaban J connectivity index is 3.18. The summed E-state index contributed by atoms with van der Waals surface area (Å²) in [6.45, 7) is 5.08. The van der Waals surface area contributed by atoms with Crippen molar-refractivity contribution in [3.63, 3.8) is 0 Å². The molecular formula is C6H15NOS. The zero-order valence-electron chi connectivity index (χ0n) is 5.88. The molecule has 0 aliphatic heterocycles. The fourth-order valence-corrected chi connectivity index (χ4v) is 0.994. The van der Waals surface area contributed by atoms with Crippen LogP contribution in [0.25, 0.3) is 0 Å². The number of aliphatic hydroxyl groups is 1. The van der Waals surface area contributed by atoms with Gasteiger partial charge in [0.2, 0.25) is 0 Å². The van der Waals surface area contributed by atoms with E-state index in [2.05, 4.69) is 24.5 Å². The van der Waals surface area contributed by atoms with Crippen LogP contribution in [0.5, 0.6) is 0 Å². The molecule has 0 unspecified atom stereocenters. The van der Waals surface area contributed by atoms with Crippen molar-refractivity contribution in [2.24, 2.45) is 0 Å². The maximum absolute atomic E-state index is 8.53. The maximum atomic E-state index is 8.53. The highest BCUT2D eigenvalue weighted by atomic mass is 32.1. The Labute approximate surface area is 62.3 Å². The van der Waals surface area contributed by atoms with E-state index in [1.807, 2.05) is 0 Å². The predicted molar refractivity (Wildman–Crippen MR) is 43.1 cm³/mol. The largest absolute Gasteiger partial charge is 0.395 e. The summed E-state index contributed by atoms with van der Waals surface area (Å²) in [4.78, 5) is 2.16. The molecule has 1 N–H and O–H groups in total. The summed E-state index contributed by atoms with van der Waals surface area (Å²) in [7, 11) is 0. The highest BCUT2D eigenvalue weighted by molar-refractivity contribution is 7.80. The molecule has 56 valence electrons. The van der Waals surface area contributed by atoms with E-state index in [-0.39, 0.29) is 6.61 Å². The lowest BCUT2D eigenvalue weighted by atomic mass is 10.5. The smallest absolute Gasteiger partial charge is 0.0558 e. The number of thiol groups is 1. The summed E-state index contributed by atoms with van der Waals surface area (Å²) < 4.78 is 0. The normalized spacial score (nSPS) is 10.7. The average molecular weight is 149 g/mol. The molecule has 0 aromatic rings. The summed E-state index contributed by atoms with van der Waals surface area (Å²) in [5.74, 6) is 0.869. The van der Waals surface area contributed by atoms with Crippen molar-refractivity contribution in [2.75, 3.05) is 32.0 Å². The Morgan fingerprint density at radius 2 is 2.11 bits per heavy atom. The standard InChI is InChI=1S/C6H15NOS/c1-2-7(3-5-8)4-6-9/h8-9H,2-6H2,1H3. The molecule has 0 aromatic carbocycles. The fourth-order valence-electron chi connectivity index (χ4n) is 0.711. The van der Waals surface area contributed by atoms with Crippen LogP contribution in [0, 0.1) is 0 Å². The minimum absolute atomic E-state index is 0.252. The van der Waals surface area contributed by atoms with Crippen molar-refractivity contribution < 1.29 is 5.11 Å². The van der Waals surface area contributed by atoms with Crippen LogP contribution in [-0.4, -0.2) is 42.0 Å². The monoisotopic (exact) mass is 149 g/mol. The van der Waals surface area contributed by atoms with Crippen LogP contribution < -0.4 is 0 Å². The minimum Gasteiger partial charge on any atom is -0.395 e. The average Bonchev–Trinajstić information content (AvgIpc) is 1.88. The molecule has 0 saturated heterocycles. The van der Waals surface area contributed by atoms with Gasteiger partial charge in [-0.15, -0.1) is 0 Å². The topological polar surface area (TPSA) is 23.5 Å². The lowest BCUT2D eigenvalue weighted by Gasteiger charge is -2.16. The zero-order valence-corrected chi connectivity index (χ0v) is 6.77. The molecule has 0 heterocycles. The quantitative estimate of drug-likeness (QED) is 0.547. The second kappa shape index (κ2) is 6.39. The van der Waals surface area contributed by atoms with E-state index in [4.69, 9.17) is 5.11 Å². The second-order valence-electron chi connectivity index (χ2n) is 1.88. The summed E-state index contributed by atoms with van der Waals surface area (Å²) in [5, 5.41) is 8.53. The Bertz CT molecular complexity index is 55.0. The molecule has 0 spiro atoms. The molecule has 0 aromatic heterocycles. The van der Waals surface area contributed by atoms with Gasteiger partial charge in [0.05, 0.1) is 6.61 Å². The van der Waals surface area contributed by atoms with Gasteiger partial charge in [-0.3, -0.25) is 0 Å². The molecule has 0 rings (SSSR count). The van der Waals surface area contributed by atoms with Gasteiger partial charge in [0.1, 0.15) is 0 Å². The number of nitrogens with zero attached hydrogens (tertiary/aromatic N) is 1. The van der Waals surface area contributed by atoms with Gasteiger partial charge in [0.25, 0.3) is 0 Å². The van der Waals surface area contributed by atoms with Gasteiger partial charge in [-0.2, -0.15) is 12.6 Å². The summed E-state index contributed by atoms with van der Waals surface area (Å²) in [6, 6.07) is 0. The van der Waals surface area contributed by atoms with E-state index >= 15 is 0 Å². The van der Waals surface area contributed by atoms with Gasteiger partial charge in [0.15, 0.2) is 0 Å². The molecule has 0 aliphatic carbocycles. The van der Waals surface area contributed by atoms with Crippen LogP contribution in [0.3, 0.4) is 0 Å². The number of aliphatic hydroxyl groups excluding tert-OH is 1. The van der Waals surface area contributed by atoms with Crippen LogP contribution in [0.4, 0.5) is 0 Å². The van der Waals surface area contributed by atoms with Gasteiger partial charge in [-0.25, -0.2) is 0 Å². The Morgan fingerprint density at radius 1 is 1.44 bits per heavy atom. The Kier molecular flexibility index (Phi) is 6.58. The third kappa shape index (κ3) is 4.75. The number of hydrogen-bond donors (Lipinski definition) is 2. The number of rotatable bonds is 5. The molecule has 0 aliphatic rings. The van der Waals surface area contributed by atoms with Crippen LogP contribution in [0.1, 0.15) is 6.92 Å². The van der Waals surface area contributed by atoms with Crippen molar-refractivity contribution in [1.29, 1.82) is 0 Å². The lowest BCUT2D eigenvalue weighted by Crippen LogP contribution is -2.28. The SMILES string of the molecule is CCN(CCO)CCS. The fraction of sp³-hybridized carbons (Fsp3) is 1.00. The van der Waals surface area contributed by atoms with Gasteiger partial charge < -0.3 is 10.0 Å². The van der Waals surface area contributed by atoms with Gasteiger partial charge >= 0.3 is 0 Å². The molecule has 0 bridgehead atoms. The van der Waals surface area contributed by atoms with Crippen LogP contribution >= 0.6 is 12.6 Å². The molecule has 0 fully saturated rings. The predicted octanol–water partition coefficient (Wildman–Crippen LogP) is 0.230. The van der Waals surface area contributed by atoms with Gasteiger partial charge in [0, 0.05) is 18.8 Å². The van der Waals surface area contributed by atoms with Crippen molar-refractivity contribution in [3.05, 3.63) is 0 Å². The van der Waals surface area contributed by atoms with Crippen LogP contribution in [0.15, 0.2) is 0 Å². The van der Waals surface area contributed by atoms with E-state index in [0.717, 1.165) is 25.4 Å². The van der Waals surface area contributed by atoms with E-state index in [9.17, 15) is 0 Å². The first-order valence-corrected chi connectivity index (χ1v) is 3.92. The van der Waals surface area contributed by atoms with Crippen molar-refractivity contribution in [3.8, 4) is 0 Å². The molecule has 2 nitrogen and oxygen atoms in total. The minimum atomic E-state index is 0.252. The first kappa shape index (κ1) is 9.27. The van der Waals surface area contributed by atoms with E-state index in [0.29, 0.717) is 0 Å². The molecule has 0 amide bonds. The van der Waals surface area contributed by atoms with E-state index in [1.165, 1.54) is 0 Å². The third-order valence-electron chi connectivity index (χ3n) is 1.28. The Morgan fingerprint density at radius 3 is 2.44 bits per heavy atom. The molecule has 0 radical (unpaired) electrons. The van der Waals surface area contributed by atoms with Crippen LogP contribution in [-0.2, 0) is 0 Å². The molecule has 9 heavy (non-hydrogen) atoms. The third-order valence-corrected chi connectivity index (χ3v) is 1.48. The van der Waals surface area contributed by atoms with E-state index < -0.39 is 0 Å². The van der Waals surface area contributed by atoms with Gasteiger partial charge in [-0.05, 0) is 6.54 Å². The highest BCUT2D eigenvalue weighted by Gasteiger charge is 1.96. The second-order valence-corrected chi connectivity index (χ2v) is 2.33. The molecule has 0 atom stereocenters. The van der Waals surface area contributed by atoms with E-state index in [1.54, 1.807) is 0 Å². The zero-order chi connectivity index (χ0) is 7.11. The summed E-state index contributed by atoms with van der Waals surface area (Å²) in [6.07, 6.45) is 0. The number of likely N-dealkylation sites (N-methyl/N-ethyl adjacent to an activating group) is 1. The molecular weight excluding hydrogens is 134 g/mol. The summed E-state index contributed by atoms with van der Waals surface area (Å²) in [5.41, 5.74) is 0. The molecule has 0 saturated carbocycles. The number of hydrogen-bond acceptors (Lipinski definition) is 3. The van der Waals surface area contributed by atoms with Crippen molar-refractivity contribution in [1.82, 2.24) is 4.90 Å². The molecule has 3 heteroatoms. The Hall–Kier alpha value is 0.270. The van der Waals surface area contributed by atoms with Crippen molar-refractivity contribution >= 4 is 12.6 Å². The first-order chi connectivity index (χ1) is 4.35. The lowest BCUT2D eigenvalue weighted by molar-refractivity contribution is 0.209. The van der Waals surface area contributed by atoms with Crippen LogP contribution in [0.2, 0.25) is 0 Å². The maximum Gasteiger partial charge on any atom is 0.0558 e. The summed E-state index contributed by atoms with van der Waals surface area (Å²) >= 11 is 4.08. The van der Waals surface area contributed by atoms with Gasteiger partial charge in [-0.1, -0.05) is 6.92 Å².